The molecule has 0 unspecified atom stereocenters. The molecule has 0 saturated carbocycles. The molecule has 0 aliphatic carbocycles. The van der Waals surface area contributed by atoms with Crippen LogP contribution in [0.15, 0.2) is 0 Å². The first-order valence-corrected chi connectivity index (χ1v) is 9.84. The van der Waals surface area contributed by atoms with Crippen molar-refractivity contribution in [3.63, 3.8) is 0 Å². The lowest BCUT2D eigenvalue weighted by atomic mass is 10.1. The fourth-order valence-corrected chi connectivity index (χ4v) is 4.53. The minimum Gasteiger partial charge on any atom is -0.367 e. The fraction of sp³-hybridized carbons (Fsp3) is 0.733. The maximum absolute atomic E-state index is 11.5. The van der Waals surface area contributed by atoms with E-state index < -0.39 is 9.84 Å². The molecule has 122 valence electrons. The first-order valence-electron chi connectivity index (χ1n) is 8.02. The summed E-state index contributed by atoms with van der Waals surface area (Å²) in [5.74, 6) is 2.20. The van der Waals surface area contributed by atoms with Crippen molar-refractivity contribution in [2.24, 2.45) is 0 Å². The normalized spacial score (nSPS) is 22.0. The van der Waals surface area contributed by atoms with Crippen molar-refractivity contribution in [3.8, 4) is 0 Å². The second-order valence-corrected chi connectivity index (χ2v) is 8.65. The smallest absolute Gasteiger partial charge is 0.227 e. The van der Waals surface area contributed by atoms with Crippen LogP contribution in [0.25, 0.3) is 0 Å². The molecule has 0 spiro atoms. The largest absolute Gasteiger partial charge is 0.367 e. The summed E-state index contributed by atoms with van der Waals surface area (Å²) in [6.45, 7) is 6.06. The Labute approximate surface area is 132 Å². The molecule has 0 aromatic carbocycles. The minimum atomic E-state index is -2.83. The first kappa shape index (κ1) is 15.5. The Morgan fingerprint density at radius 1 is 1.09 bits per heavy atom. The molecule has 2 aliphatic rings. The van der Waals surface area contributed by atoms with Gasteiger partial charge in [-0.1, -0.05) is 0 Å². The van der Waals surface area contributed by atoms with E-state index in [0.29, 0.717) is 12.8 Å². The summed E-state index contributed by atoms with van der Waals surface area (Å²) in [6, 6.07) is 0.183. The van der Waals surface area contributed by atoms with E-state index in [1.54, 1.807) is 0 Å². The number of nitrogens with one attached hydrogen (secondary N) is 1. The highest BCUT2D eigenvalue weighted by Gasteiger charge is 2.25. The van der Waals surface area contributed by atoms with Crippen molar-refractivity contribution in [2.45, 2.75) is 45.6 Å². The second-order valence-electron chi connectivity index (χ2n) is 6.35. The Kier molecular flexibility index (Phi) is 4.25. The van der Waals surface area contributed by atoms with Crippen LogP contribution in [0.4, 0.5) is 11.8 Å². The zero-order valence-corrected chi connectivity index (χ0v) is 14.1. The molecule has 7 heteroatoms. The highest BCUT2D eigenvalue weighted by Crippen LogP contribution is 2.24. The molecule has 1 aromatic heterocycles. The van der Waals surface area contributed by atoms with E-state index in [-0.39, 0.29) is 17.5 Å². The van der Waals surface area contributed by atoms with Crippen LogP contribution in [0.2, 0.25) is 0 Å². The van der Waals surface area contributed by atoms with Gasteiger partial charge in [-0.3, -0.25) is 0 Å². The van der Waals surface area contributed by atoms with Gasteiger partial charge in [-0.15, -0.1) is 0 Å². The molecule has 3 rings (SSSR count). The van der Waals surface area contributed by atoms with E-state index in [2.05, 4.69) is 15.2 Å². The zero-order chi connectivity index (χ0) is 15.7. The maximum Gasteiger partial charge on any atom is 0.227 e. The number of nitrogens with zero attached hydrogens (tertiary/aromatic N) is 3. The van der Waals surface area contributed by atoms with Crippen LogP contribution in [0.3, 0.4) is 0 Å². The predicted octanol–water partition coefficient (Wildman–Crippen LogP) is 1.68. The summed E-state index contributed by atoms with van der Waals surface area (Å²) in [5.41, 5.74) is 2.04. The number of rotatable bonds is 3. The van der Waals surface area contributed by atoms with Crippen molar-refractivity contribution < 1.29 is 8.42 Å². The van der Waals surface area contributed by atoms with Crippen molar-refractivity contribution >= 4 is 21.6 Å². The lowest BCUT2D eigenvalue weighted by Gasteiger charge is -2.25. The van der Waals surface area contributed by atoms with Gasteiger partial charge >= 0.3 is 0 Å². The van der Waals surface area contributed by atoms with Crippen LogP contribution < -0.4 is 10.2 Å². The third-order valence-electron chi connectivity index (χ3n) is 4.66. The number of hydrogen-bond acceptors (Lipinski definition) is 6. The van der Waals surface area contributed by atoms with Crippen molar-refractivity contribution in [3.05, 3.63) is 11.3 Å². The summed E-state index contributed by atoms with van der Waals surface area (Å²) in [4.78, 5) is 11.5. The monoisotopic (exact) mass is 324 g/mol. The van der Waals surface area contributed by atoms with E-state index in [1.807, 2.05) is 13.8 Å². The lowest BCUT2D eigenvalue weighted by Crippen LogP contribution is -2.33. The second kappa shape index (κ2) is 6.02. The Morgan fingerprint density at radius 2 is 1.73 bits per heavy atom. The van der Waals surface area contributed by atoms with Crippen LogP contribution in [-0.4, -0.2) is 49.0 Å². The van der Waals surface area contributed by atoms with Gasteiger partial charge in [-0.05, 0) is 39.5 Å². The molecule has 2 aliphatic heterocycles. The van der Waals surface area contributed by atoms with E-state index in [9.17, 15) is 8.42 Å². The highest BCUT2D eigenvalue weighted by molar-refractivity contribution is 7.91. The number of sulfone groups is 1. The molecule has 2 fully saturated rings. The van der Waals surface area contributed by atoms with Gasteiger partial charge in [0.1, 0.15) is 15.7 Å². The Hall–Kier alpha value is -1.37. The molecule has 2 saturated heterocycles. The Morgan fingerprint density at radius 3 is 2.36 bits per heavy atom. The lowest BCUT2D eigenvalue weighted by molar-refractivity contribution is 0.559. The average molecular weight is 324 g/mol. The van der Waals surface area contributed by atoms with E-state index in [1.165, 1.54) is 12.8 Å². The average Bonchev–Trinajstić information content (AvgIpc) is 3.00. The molecule has 6 nitrogen and oxygen atoms in total. The molecule has 0 atom stereocenters. The maximum atomic E-state index is 11.5. The molecule has 22 heavy (non-hydrogen) atoms. The summed E-state index contributed by atoms with van der Waals surface area (Å²) in [7, 11) is -2.83. The fourth-order valence-electron chi connectivity index (χ4n) is 3.04. The van der Waals surface area contributed by atoms with E-state index >= 15 is 0 Å². The molecule has 3 heterocycles. The van der Waals surface area contributed by atoms with Gasteiger partial charge in [0.05, 0.1) is 11.5 Å². The summed E-state index contributed by atoms with van der Waals surface area (Å²) < 4.78 is 23.1. The minimum absolute atomic E-state index is 0.183. The van der Waals surface area contributed by atoms with Crippen LogP contribution in [0.1, 0.15) is 36.9 Å². The Bertz CT molecular complexity index is 640. The predicted molar refractivity (Wildman–Crippen MR) is 88.3 cm³/mol. The molecule has 1 aromatic rings. The summed E-state index contributed by atoms with van der Waals surface area (Å²) in [6.07, 6.45) is 3.70. The number of hydrogen-bond donors (Lipinski definition) is 1. The van der Waals surface area contributed by atoms with Crippen LogP contribution >= 0.6 is 0 Å². The third kappa shape index (κ3) is 3.34. The van der Waals surface area contributed by atoms with E-state index in [4.69, 9.17) is 4.98 Å². The number of aromatic nitrogens is 2. The standard InChI is InChI=1S/C15H24N4O2S/c1-11-12(2)16-15(19-7-3-4-8-19)18-14(11)17-13-5-9-22(20,21)10-6-13/h13H,3-10H2,1-2H3,(H,16,17,18). The molecular formula is C15H24N4O2S. The van der Waals surface area contributed by atoms with Crippen molar-refractivity contribution in [1.29, 1.82) is 0 Å². The van der Waals surface area contributed by atoms with Crippen LogP contribution in [-0.2, 0) is 9.84 Å². The topological polar surface area (TPSA) is 75.2 Å². The number of aryl methyl sites for hydroxylation is 1. The van der Waals surface area contributed by atoms with Gasteiger partial charge in [0.2, 0.25) is 5.95 Å². The quantitative estimate of drug-likeness (QED) is 0.912. The van der Waals surface area contributed by atoms with Gasteiger partial charge in [0.25, 0.3) is 0 Å². The van der Waals surface area contributed by atoms with Crippen LogP contribution in [0, 0.1) is 13.8 Å². The molecule has 1 N–H and O–H groups in total. The Balaban J connectivity index is 1.77. The van der Waals surface area contributed by atoms with Gasteiger partial charge in [0.15, 0.2) is 0 Å². The number of anilines is 2. The van der Waals surface area contributed by atoms with Crippen molar-refractivity contribution in [1.82, 2.24) is 9.97 Å². The SMILES string of the molecule is Cc1nc(N2CCCC2)nc(NC2CCS(=O)(=O)CC2)c1C. The van der Waals surface area contributed by atoms with Gasteiger partial charge in [-0.25, -0.2) is 13.4 Å². The molecule has 0 amide bonds. The summed E-state index contributed by atoms with van der Waals surface area (Å²) >= 11 is 0. The first-order chi connectivity index (χ1) is 10.4. The third-order valence-corrected chi connectivity index (χ3v) is 6.38. The zero-order valence-electron chi connectivity index (χ0n) is 13.3. The van der Waals surface area contributed by atoms with Crippen molar-refractivity contribution in [2.75, 3.05) is 34.8 Å². The van der Waals surface area contributed by atoms with Gasteiger partial charge in [-0.2, -0.15) is 4.98 Å². The van der Waals surface area contributed by atoms with Gasteiger partial charge < -0.3 is 10.2 Å². The van der Waals surface area contributed by atoms with E-state index in [0.717, 1.165) is 36.1 Å². The summed E-state index contributed by atoms with van der Waals surface area (Å²) in [5, 5.41) is 3.45. The molecule has 0 radical (unpaired) electrons. The van der Waals surface area contributed by atoms with Gasteiger partial charge in [0, 0.05) is 30.4 Å². The van der Waals surface area contributed by atoms with Crippen LogP contribution in [0.5, 0.6) is 0 Å². The highest BCUT2D eigenvalue weighted by atomic mass is 32.2. The molecule has 0 bridgehead atoms. The molecular weight excluding hydrogens is 300 g/mol.